The minimum Gasteiger partial charge on any atom is -0.294 e. The molecule has 0 fully saturated rings. The fourth-order valence-electron chi connectivity index (χ4n) is 1.69. The predicted octanol–water partition coefficient (Wildman–Crippen LogP) is 4.77. The van der Waals surface area contributed by atoms with Gasteiger partial charge in [-0.2, -0.15) is 0 Å². The molecule has 2 aromatic rings. The summed E-state index contributed by atoms with van der Waals surface area (Å²) in [6.45, 7) is 2.87. The second-order valence-electron chi connectivity index (χ2n) is 4.33. The van der Waals surface area contributed by atoms with Crippen molar-refractivity contribution in [3.05, 3.63) is 58.9 Å². The molecule has 2 aromatic carbocycles. The highest BCUT2D eigenvalue weighted by atomic mass is 32.2. The molecule has 20 heavy (non-hydrogen) atoms. The fraction of sp³-hybridized carbons (Fsp3) is 0.133. The van der Waals surface area contributed by atoms with Gasteiger partial charge in [0.1, 0.15) is 17.5 Å². The molecule has 0 aliphatic carbocycles. The number of aryl methyl sites for hydroxylation is 1. The summed E-state index contributed by atoms with van der Waals surface area (Å²) in [5.74, 6) is -2.19. The molecule has 0 aliphatic rings. The van der Waals surface area contributed by atoms with E-state index in [1.807, 2.05) is 0 Å². The van der Waals surface area contributed by atoms with E-state index in [4.69, 9.17) is 0 Å². The van der Waals surface area contributed by atoms with Gasteiger partial charge in [0, 0.05) is 21.4 Å². The minimum absolute atomic E-state index is 0.180. The summed E-state index contributed by atoms with van der Waals surface area (Å²) >= 11 is 0.972. The molecule has 5 heteroatoms. The van der Waals surface area contributed by atoms with Crippen molar-refractivity contribution in [3.63, 3.8) is 0 Å². The van der Waals surface area contributed by atoms with Crippen molar-refractivity contribution in [2.45, 2.75) is 23.6 Å². The molecular formula is C15H11F3OS. The largest absolute Gasteiger partial charge is 0.294 e. The Kier molecular flexibility index (Phi) is 4.18. The first-order valence-corrected chi connectivity index (χ1v) is 6.64. The van der Waals surface area contributed by atoms with Crippen molar-refractivity contribution in [2.24, 2.45) is 0 Å². The molecule has 0 atom stereocenters. The van der Waals surface area contributed by atoms with Gasteiger partial charge in [-0.15, -0.1) is 0 Å². The average Bonchev–Trinajstić information content (AvgIpc) is 2.36. The van der Waals surface area contributed by atoms with Gasteiger partial charge in [0.2, 0.25) is 0 Å². The normalized spacial score (nSPS) is 10.7. The molecule has 0 saturated heterocycles. The van der Waals surface area contributed by atoms with Crippen LogP contribution in [-0.4, -0.2) is 5.78 Å². The topological polar surface area (TPSA) is 17.1 Å². The van der Waals surface area contributed by atoms with Gasteiger partial charge < -0.3 is 0 Å². The van der Waals surface area contributed by atoms with Crippen LogP contribution in [0, 0.1) is 24.4 Å². The molecule has 0 radical (unpaired) electrons. The van der Waals surface area contributed by atoms with Crippen molar-refractivity contribution < 1.29 is 18.0 Å². The zero-order chi connectivity index (χ0) is 14.9. The molecule has 0 unspecified atom stereocenters. The molecule has 0 saturated carbocycles. The van der Waals surface area contributed by atoms with Crippen molar-refractivity contribution in [1.29, 1.82) is 0 Å². The van der Waals surface area contributed by atoms with Gasteiger partial charge in [0.05, 0.1) is 0 Å². The third kappa shape index (κ3) is 3.04. The summed E-state index contributed by atoms with van der Waals surface area (Å²) in [5, 5.41) is 0. The Labute approximate surface area is 118 Å². The van der Waals surface area contributed by atoms with Crippen LogP contribution < -0.4 is 0 Å². The zero-order valence-electron chi connectivity index (χ0n) is 10.8. The van der Waals surface area contributed by atoms with E-state index in [1.54, 1.807) is 6.92 Å². The Morgan fingerprint density at radius 1 is 1.00 bits per heavy atom. The van der Waals surface area contributed by atoms with E-state index in [2.05, 4.69) is 0 Å². The van der Waals surface area contributed by atoms with Gasteiger partial charge in [-0.3, -0.25) is 4.79 Å². The molecule has 0 aromatic heterocycles. The lowest BCUT2D eigenvalue weighted by Crippen LogP contribution is -1.98. The molecule has 2 rings (SSSR count). The number of ketones is 1. The van der Waals surface area contributed by atoms with Crippen LogP contribution in [0.1, 0.15) is 22.8 Å². The Hall–Kier alpha value is -1.75. The van der Waals surface area contributed by atoms with E-state index in [-0.39, 0.29) is 16.2 Å². The summed E-state index contributed by atoms with van der Waals surface area (Å²) in [6, 6.07) is 5.82. The zero-order valence-corrected chi connectivity index (χ0v) is 11.7. The molecular weight excluding hydrogens is 285 g/mol. The van der Waals surface area contributed by atoms with Crippen LogP contribution >= 0.6 is 11.8 Å². The number of carbonyl (C=O) groups is 1. The van der Waals surface area contributed by atoms with Crippen LogP contribution in [-0.2, 0) is 0 Å². The Bertz CT molecular complexity index is 683. The van der Waals surface area contributed by atoms with Crippen LogP contribution in [0.3, 0.4) is 0 Å². The molecule has 0 spiro atoms. The van der Waals surface area contributed by atoms with E-state index < -0.39 is 17.5 Å². The molecule has 0 N–H and O–H groups in total. The highest BCUT2D eigenvalue weighted by Gasteiger charge is 2.14. The molecule has 0 aliphatic heterocycles. The maximum absolute atomic E-state index is 13.6. The third-order valence-corrected chi connectivity index (χ3v) is 3.86. The smallest absolute Gasteiger partial charge is 0.161 e. The molecule has 0 bridgehead atoms. The van der Waals surface area contributed by atoms with Crippen molar-refractivity contribution in [1.82, 2.24) is 0 Å². The molecule has 104 valence electrons. The van der Waals surface area contributed by atoms with Crippen LogP contribution in [0.5, 0.6) is 0 Å². The lowest BCUT2D eigenvalue weighted by molar-refractivity contribution is 0.101. The first-order valence-electron chi connectivity index (χ1n) is 5.82. The molecule has 1 nitrogen and oxygen atoms in total. The lowest BCUT2D eigenvalue weighted by atomic mass is 10.1. The number of halogens is 3. The molecule has 0 amide bonds. The molecule has 0 heterocycles. The van der Waals surface area contributed by atoms with Crippen molar-refractivity contribution in [3.8, 4) is 0 Å². The summed E-state index contributed by atoms with van der Waals surface area (Å²) < 4.78 is 40.0. The van der Waals surface area contributed by atoms with E-state index in [9.17, 15) is 18.0 Å². The first-order chi connectivity index (χ1) is 9.38. The fourth-order valence-corrected chi connectivity index (χ4v) is 2.77. The highest BCUT2D eigenvalue weighted by molar-refractivity contribution is 7.99. The monoisotopic (exact) mass is 296 g/mol. The number of benzene rings is 2. The third-order valence-electron chi connectivity index (χ3n) is 2.75. The Morgan fingerprint density at radius 2 is 1.70 bits per heavy atom. The summed E-state index contributed by atoms with van der Waals surface area (Å²) in [5.41, 5.74) is 0.543. The summed E-state index contributed by atoms with van der Waals surface area (Å²) in [4.78, 5) is 12.2. The van der Waals surface area contributed by atoms with Crippen LogP contribution in [0.2, 0.25) is 0 Å². The first kappa shape index (κ1) is 14.7. The number of rotatable bonds is 3. The minimum atomic E-state index is -0.716. The van der Waals surface area contributed by atoms with Crippen molar-refractivity contribution >= 4 is 17.5 Å². The van der Waals surface area contributed by atoms with Gasteiger partial charge in [-0.05, 0) is 43.7 Å². The van der Waals surface area contributed by atoms with E-state index in [0.29, 0.717) is 10.5 Å². The Morgan fingerprint density at radius 3 is 2.30 bits per heavy atom. The van der Waals surface area contributed by atoms with E-state index >= 15 is 0 Å². The van der Waals surface area contributed by atoms with Crippen LogP contribution in [0.4, 0.5) is 13.2 Å². The number of Topliss-reactive ketones (excluding diaryl/α,β-unsaturated/α-hetero) is 1. The van der Waals surface area contributed by atoms with Gasteiger partial charge in [0.25, 0.3) is 0 Å². The Balaban J connectivity index is 2.47. The second-order valence-corrected chi connectivity index (χ2v) is 5.41. The lowest BCUT2D eigenvalue weighted by Gasteiger charge is -2.09. The average molecular weight is 296 g/mol. The number of carbonyl (C=O) groups excluding carboxylic acids is 1. The van der Waals surface area contributed by atoms with Gasteiger partial charge in [0.15, 0.2) is 5.78 Å². The van der Waals surface area contributed by atoms with Crippen molar-refractivity contribution in [2.75, 3.05) is 0 Å². The summed E-state index contributed by atoms with van der Waals surface area (Å²) in [6.07, 6.45) is 0. The predicted molar refractivity (Wildman–Crippen MR) is 71.6 cm³/mol. The maximum atomic E-state index is 13.6. The maximum Gasteiger partial charge on any atom is 0.161 e. The summed E-state index contributed by atoms with van der Waals surface area (Å²) in [7, 11) is 0. The van der Waals surface area contributed by atoms with E-state index in [1.165, 1.54) is 19.1 Å². The second kappa shape index (κ2) is 5.71. The SMILES string of the molecule is CC(=O)c1cc(F)c(C)cc1Sc1ccc(F)cc1F. The number of hydrogen-bond donors (Lipinski definition) is 0. The number of hydrogen-bond acceptors (Lipinski definition) is 2. The quantitative estimate of drug-likeness (QED) is 0.759. The van der Waals surface area contributed by atoms with E-state index in [0.717, 1.165) is 30.0 Å². The van der Waals surface area contributed by atoms with Gasteiger partial charge in [-0.1, -0.05) is 11.8 Å². The highest BCUT2D eigenvalue weighted by Crippen LogP contribution is 2.34. The van der Waals surface area contributed by atoms with Crippen LogP contribution in [0.25, 0.3) is 0 Å². The van der Waals surface area contributed by atoms with Crippen LogP contribution in [0.15, 0.2) is 40.1 Å². The standard InChI is InChI=1S/C15H11F3OS/c1-8-5-15(11(9(2)19)7-12(8)17)20-14-4-3-10(16)6-13(14)18/h3-7H,1-2H3. The van der Waals surface area contributed by atoms with Gasteiger partial charge in [-0.25, -0.2) is 13.2 Å². The van der Waals surface area contributed by atoms with Gasteiger partial charge >= 0.3 is 0 Å².